The molecule has 0 amide bonds. The molecule has 1 aromatic heterocycles. The number of carbonyl (C=O) groups is 1. The van der Waals surface area contributed by atoms with Gasteiger partial charge in [0, 0.05) is 20.6 Å². The molecule has 0 saturated carbocycles. The van der Waals surface area contributed by atoms with Crippen LogP contribution < -0.4 is 0 Å². The average Bonchev–Trinajstić information content (AvgIpc) is 2.60. The van der Waals surface area contributed by atoms with Gasteiger partial charge in [0.05, 0.1) is 17.2 Å². The molecular weight excluding hydrogens is 351 g/mol. The number of halogens is 1. The van der Waals surface area contributed by atoms with Crippen molar-refractivity contribution in [1.82, 2.24) is 4.57 Å². The molecule has 0 bridgehead atoms. The number of nitriles is 1. The predicted molar refractivity (Wildman–Crippen MR) is 82.7 cm³/mol. The van der Waals surface area contributed by atoms with Crippen LogP contribution in [0, 0.1) is 28.7 Å². The summed E-state index contributed by atoms with van der Waals surface area (Å²) in [5.41, 5.74) is 4.38. The number of carbonyl (C=O) groups excluding carboxylic acids is 1. The summed E-state index contributed by atoms with van der Waals surface area (Å²) in [6.07, 6.45) is 0. The molecule has 0 radical (unpaired) electrons. The van der Waals surface area contributed by atoms with Gasteiger partial charge in [-0.25, -0.2) is 0 Å². The summed E-state index contributed by atoms with van der Waals surface area (Å²) in [5, 5.41) is 8.83. The Morgan fingerprint density at radius 2 is 1.79 bits per heavy atom. The maximum Gasteiger partial charge on any atom is 0.162 e. The van der Waals surface area contributed by atoms with E-state index in [1.807, 2.05) is 26.0 Å². The van der Waals surface area contributed by atoms with Crippen LogP contribution in [0.2, 0.25) is 0 Å². The third kappa shape index (κ3) is 2.30. The topological polar surface area (TPSA) is 45.8 Å². The molecule has 0 saturated heterocycles. The molecular formula is C15H13IN2O. The molecule has 96 valence electrons. The van der Waals surface area contributed by atoms with Gasteiger partial charge in [0.2, 0.25) is 0 Å². The zero-order chi connectivity index (χ0) is 14.2. The Kier molecular flexibility index (Phi) is 3.76. The Labute approximate surface area is 126 Å². The van der Waals surface area contributed by atoms with Gasteiger partial charge in [-0.1, -0.05) is 0 Å². The number of hydrogen-bond acceptors (Lipinski definition) is 2. The van der Waals surface area contributed by atoms with Crippen LogP contribution in [0.5, 0.6) is 0 Å². The monoisotopic (exact) mass is 364 g/mol. The predicted octanol–water partition coefficient (Wildman–Crippen LogP) is 3.77. The second kappa shape index (κ2) is 5.17. The van der Waals surface area contributed by atoms with E-state index < -0.39 is 0 Å². The standard InChI is InChI=1S/C15H13IN2O/c1-9-14(11(3)19)15(16)10(2)18(9)13-6-4-12(8-17)5-7-13/h4-7H,1-3H3. The normalized spacial score (nSPS) is 10.3. The average molecular weight is 364 g/mol. The fraction of sp³-hybridized carbons (Fsp3) is 0.200. The number of hydrogen-bond donors (Lipinski definition) is 0. The first kappa shape index (κ1) is 13.8. The highest BCUT2D eigenvalue weighted by molar-refractivity contribution is 14.1. The van der Waals surface area contributed by atoms with Gasteiger partial charge in [0.1, 0.15) is 0 Å². The highest BCUT2D eigenvalue weighted by Gasteiger charge is 2.19. The summed E-state index contributed by atoms with van der Waals surface area (Å²) in [6, 6.07) is 9.48. The maximum absolute atomic E-state index is 11.7. The van der Waals surface area contributed by atoms with Gasteiger partial charge < -0.3 is 4.57 Å². The Morgan fingerprint density at radius 3 is 2.21 bits per heavy atom. The van der Waals surface area contributed by atoms with Crippen molar-refractivity contribution in [2.45, 2.75) is 20.8 Å². The van der Waals surface area contributed by atoms with Crippen molar-refractivity contribution < 1.29 is 4.79 Å². The molecule has 3 nitrogen and oxygen atoms in total. The number of nitrogens with zero attached hydrogens (tertiary/aromatic N) is 2. The largest absolute Gasteiger partial charge is 0.317 e. The molecule has 1 heterocycles. The van der Waals surface area contributed by atoms with Crippen LogP contribution in [0.25, 0.3) is 5.69 Å². The third-order valence-corrected chi connectivity index (χ3v) is 4.50. The molecule has 1 aromatic carbocycles. The lowest BCUT2D eigenvalue weighted by Crippen LogP contribution is -2.01. The van der Waals surface area contributed by atoms with Crippen molar-refractivity contribution in [2.24, 2.45) is 0 Å². The molecule has 2 aromatic rings. The summed E-state index contributed by atoms with van der Waals surface area (Å²) in [6.45, 7) is 5.54. The summed E-state index contributed by atoms with van der Waals surface area (Å²) in [7, 11) is 0. The number of Topliss-reactive ketones (excluding diaryl/α,β-unsaturated/α-hetero) is 1. The fourth-order valence-electron chi connectivity index (χ4n) is 2.28. The van der Waals surface area contributed by atoms with Crippen molar-refractivity contribution in [3.8, 4) is 11.8 Å². The highest BCUT2D eigenvalue weighted by atomic mass is 127. The van der Waals surface area contributed by atoms with E-state index >= 15 is 0 Å². The second-order valence-corrected chi connectivity index (χ2v) is 5.49. The summed E-state index contributed by atoms with van der Waals surface area (Å²) >= 11 is 2.21. The van der Waals surface area contributed by atoms with E-state index in [9.17, 15) is 4.79 Å². The summed E-state index contributed by atoms with van der Waals surface area (Å²) in [4.78, 5) is 11.7. The van der Waals surface area contributed by atoms with E-state index in [-0.39, 0.29) is 5.78 Å². The Bertz CT molecular complexity index is 690. The van der Waals surface area contributed by atoms with Gasteiger partial charge in [0.25, 0.3) is 0 Å². The highest BCUT2D eigenvalue weighted by Crippen LogP contribution is 2.27. The van der Waals surface area contributed by atoms with Crippen LogP contribution in [0.1, 0.15) is 34.2 Å². The molecule has 0 aliphatic heterocycles. The first-order valence-electron chi connectivity index (χ1n) is 5.86. The molecule has 0 aliphatic carbocycles. The SMILES string of the molecule is CC(=O)c1c(I)c(C)n(-c2ccc(C#N)cc2)c1C. The smallest absolute Gasteiger partial charge is 0.162 e. The molecule has 0 unspecified atom stereocenters. The van der Waals surface area contributed by atoms with E-state index in [4.69, 9.17) is 5.26 Å². The number of rotatable bonds is 2. The van der Waals surface area contributed by atoms with Crippen molar-refractivity contribution in [2.75, 3.05) is 0 Å². The van der Waals surface area contributed by atoms with Crippen molar-refractivity contribution in [1.29, 1.82) is 5.26 Å². The first-order valence-corrected chi connectivity index (χ1v) is 6.94. The first-order chi connectivity index (χ1) is 8.97. The Morgan fingerprint density at radius 1 is 1.21 bits per heavy atom. The molecule has 0 atom stereocenters. The maximum atomic E-state index is 11.7. The van der Waals surface area contributed by atoms with Gasteiger partial charge in [-0.05, 0) is 67.6 Å². The van der Waals surface area contributed by atoms with Gasteiger partial charge >= 0.3 is 0 Å². The quantitative estimate of drug-likeness (QED) is 0.602. The molecule has 2 rings (SSSR count). The molecule has 19 heavy (non-hydrogen) atoms. The minimum atomic E-state index is 0.0809. The zero-order valence-corrected chi connectivity index (χ0v) is 13.1. The molecule has 0 spiro atoms. The van der Waals surface area contributed by atoms with Crippen LogP contribution in [0.4, 0.5) is 0 Å². The molecule has 4 heteroatoms. The van der Waals surface area contributed by atoms with Crippen LogP contribution in [-0.4, -0.2) is 10.4 Å². The lowest BCUT2D eigenvalue weighted by Gasteiger charge is -2.09. The summed E-state index contributed by atoms with van der Waals surface area (Å²) < 4.78 is 3.05. The van der Waals surface area contributed by atoms with Crippen LogP contribution in [-0.2, 0) is 0 Å². The van der Waals surface area contributed by atoms with Crippen LogP contribution >= 0.6 is 22.6 Å². The number of benzene rings is 1. The van der Waals surface area contributed by atoms with E-state index in [2.05, 4.69) is 33.2 Å². The van der Waals surface area contributed by atoms with Gasteiger partial charge in [-0.2, -0.15) is 5.26 Å². The minimum absolute atomic E-state index is 0.0809. The Balaban J connectivity index is 2.66. The van der Waals surface area contributed by atoms with Crippen LogP contribution in [0.15, 0.2) is 24.3 Å². The lowest BCUT2D eigenvalue weighted by molar-refractivity contribution is 0.101. The molecule has 0 aliphatic rings. The van der Waals surface area contributed by atoms with Crippen molar-refractivity contribution in [3.05, 3.63) is 50.4 Å². The third-order valence-electron chi connectivity index (χ3n) is 3.18. The van der Waals surface area contributed by atoms with Crippen molar-refractivity contribution >= 4 is 28.4 Å². The minimum Gasteiger partial charge on any atom is -0.317 e. The fourth-order valence-corrected chi connectivity index (χ4v) is 3.29. The van der Waals surface area contributed by atoms with Crippen molar-refractivity contribution in [3.63, 3.8) is 0 Å². The van der Waals surface area contributed by atoms with E-state index in [1.54, 1.807) is 19.1 Å². The van der Waals surface area contributed by atoms with Gasteiger partial charge in [-0.3, -0.25) is 4.79 Å². The number of aromatic nitrogens is 1. The van der Waals surface area contributed by atoms with Crippen LogP contribution in [0.3, 0.4) is 0 Å². The van der Waals surface area contributed by atoms with E-state index in [1.165, 1.54) is 0 Å². The lowest BCUT2D eigenvalue weighted by atomic mass is 10.2. The molecule has 0 N–H and O–H groups in total. The van der Waals surface area contributed by atoms with Gasteiger partial charge in [0.15, 0.2) is 5.78 Å². The van der Waals surface area contributed by atoms with Gasteiger partial charge in [-0.15, -0.1) is 0 Å². The van der Waals surface area contributed by atoms with E-state index in [0.29, 0.717) is 5.56 Å². The second-order valence-electron chi connectivity index (χ2n) is 4.41. The Hall–Kier alpha value is -1.61. The molecule has 0 fully saturated rings. The number of ketones is 1. The zero-order valence-electron chi connectivity index (χ0n) is 11.0. The summed E-state index contributed by atoms with van der Waals surface area (Å²) in [5.74, 6) is 0.0809. The van der Waals surface area contributed by atoms with E-state index in [0.717, 1.165) is 26.2 Å².